The maximum atomic E-state index is 14.8. The van der Waals surface area contributed by atoms with Gasteiger partial charge in [0.15, 0.2) is 0 Å². The molecule has 8 heteroatoms. The van der Waals surface area contributed by atoms with Gasteiger partial charge < -0.3 is 20.7 Å². The summed E-state index contributed by atoms with van der Waals surface area (Å²) < 4.78 is 20.1. The summed E-state index contributed by atoms with van der Waals surface area (Å²) in [7, 11) is 0. The van der Waals surface area contributed by atoms with Crippen molar-refractivity contribution in [3.8, 4) is 11.1 Å². The van der Waals surface area contributed by atoms with Crippen molar-refractivity contribution < 1.29 is 18.7 Å². The number of hydrogen-bond acceptors (Lipinski definition) is 5. The van der Waals surface area contributed by atoms with E-state index in [0.717, 1.165) is 30.8 Å². The molecule has 30 heavy (non-hydrogen) atoms. The summed E-state index contributed by atoms with van der Waals surface area (Å²) in [5, 5.41) is 9.30. The van der Waals surface area contributed by atoms with Crippen LogP contribution in [0, 0.1) is 5.82 Å². The maximum absolute atomic E-state index is 14.8. The third-order valence-electron chi connectivity index (χ3n) is 5.36. The Hall–Kier alpha value is -2.97. The molecule has 2 aromatic rings. The summed E-state index contributed by atoms with van der Waals surface area (Å²) >= 11 is 0. The Morgan fingerprint density at radius 2 is 2.00 bits per heavy atom. The van der Waals surface area contributed by atoms with Crippen molar-refractivity contribution in [2.75, 3.05) is 31.1 Å². The molecule has 0 aliphatic carbocycles. The lowest BCUT2D eigenvalue weighted by atomic mass is 10.0. The maximum Gasteiger partial charge on any atom is 0.414 e. The van der Waals surface area contributed by atoms with Gasteiger partial charge in [0, 0.05) is 38.2 Å². The number of halogens is 1. The molecule has 158 valence electrons. The molecule has 0 unspecified atom stereocenters. The molecule has 2 saturated heterocycles. The molecule has 1 atom stereocenters. The van der Waals surface area contributed by atoms with Crippen molar-refractivity contribution in [2.24, 2.45) is 0 Å². The minimum Gasteiger partial charge on any atom is -0.442 e. The second-order valence-corrected chi connectivity index (χ2v) is 7.65. The predicted octanol–water partition coefficient (Wildman–Crippen LogP) is 2.02. The van der Waals surface area contributed by atoms with Gasteiger partial charge in [-0.05, 0) is 29.3 Å². The molecule has 2 aliphatic rings. The first kappa shape index (κ1) is 20.3. The highest BCUT2D eigenvalue weighted by Crippen LogP contribution is 2.29. The van der Waals surface area contributed by atoms with Crippen LogP contribution in [0.2, 0.25) is 0 Å². The van der Waals surface area contributed by atoms with Crippen molar-refractivity contribution in [1.82, 2.24) is 16.0 Å². The minimum absolute atomic E-state index is 0.193. The van der Waals surface area contributed by atoms with Crippen LogP contribution in [0.3, 0.4) is 0 Å². The van der Waals surface area contributed by atoms with Crippen molar-refractivity contribution in [2.45, 2.75) is 25.6 Å². The van der Waals surface area contributed by atoms with Gasteiger partial charge in [-0.1, -0.05) is 24.3 Å². The van der Waals surface area contributed by atoms with Crippen molar-refractivity contribution >= 4 is 17.7 Å². The van der Waals surface area contributed by atoms with Crippen LogP contribution in [0.15, 0.2) is 42.5 Å². The lowest BCUT2D eigenvalue weighted by Gasteiger charge is -2.28. The lowest BCUT2D eigenvalue weighted by molar-refractivity contribution is -0.119. The zero-order chi connectivity index (χ0) is 21.1. The third-order valence-corrected chi connectivity index (χ3v) is 5.36. The number of benzene rings is 2. The topological polar surface area (TPSA) is 82.7 Å². The molecule has 2 aromatic carbocycles. The quantitative estimate of drug-likeness (QED) is 0.648. The zero-order valence-corrected chi connectivity index (χ0v) is 16.8. The SMILES string of the molecule is CC(=O)NC[C@H]1CN(c2ccc(-c3ccc(CNC4CNC4)cc3)c(F)c2)C(=O)O1. The second kappa shape index (κ2) is 8.81. The van der Waals surface area contributed by atoms with E-state index in [1.165, 1.54) is 17.9 Å². The summed E-state index contributed by atoms with van der Waals surface area (Å²) in [5.74, 6) is -0.598. The molecule has 2 fully saturated rings. The zero-order valence-electron chi connectivity index (χ0n) is 16.8. The van der Waals surface area contributed by atoms with Crippen LogP contribution in [0.1, 0.15) is 12.5 Å². The first-order valence-electron chi connectivity index (χ1n) is 10.0. The van der Waals surface area contributed by atoms with Gasteiger partial charge in [-0.15, -0.1) is 0 Å². The molecule has 0 bridgehead atoms. The van der Waals surface area contributed by atoms with Gasteiger partial charge in [0.25, 0.3) is 0 Å². The molecule has 4 rings (SSSR count). The van der Waals surface area contributed by atoms with Crippen LogP contribution in [0.5, 0.6) is 0 Å². The van der Waals surface area contributed by atoms with E-state index in [0.29, 0.717) is 17.3 Å². The third kappa shape index (κ3) is 4.60. The average molecular weight is 412 g/mol. The number of rotatable bonds is 7. The van der Waals surface area contributed by atoms with Gasteiger partial charge in [-0.3, -0.25) is 9.69 Å². The molecule has 0 spiro atoms. The standard InChI is InChI=1S/C22H25FN4O3/c1-14(28)25-12-19-13-27(22(29)30-19)18-6-7-20(21(23)8-18)16-4-2-15(3-5-16)9-26-17-10-24-11-17/h2-8,17,19,24,26H,9-13H2,1H3,(H,25,28)/t19-/m0/s1. The summed E-state index contributed by atoms with van der Waals surface area (Å²) in [4.78, 5) is 24.5. The van der Waals surface area contributed by atoms with Crippen LogP contribution < -0.4 is 20.9 Å². The molecular formula is C22H25FN4O3. The average Bonchev–Trinajstić information content (AvgIpc) is 3.06. The Kier molecular flexibility index (Phi) is 5.96. The number of nitrogens with zero attached hydrogens (tertiary/aromatic N) is 1. The van der Waals surface area contributed by atoms with Gasteiger partial charge in [0.2, 0.25) is 5.91 Å². The van der Waals surface area contributed by atoms with Gasteiger partial charge in [-0.25, -0.2) is 9.18 Å². The van der Waals surface area contributed by atoms with E-state index in [4.69, 9.17) is 4.74 Å². The largest absolute Gasteiger partial charge is 0.442 e. The van der Waals surface area contributed by atoms with Crippen molar-refractivity contribution in [3.05, 3.63) is 53.8 Å². The Morgan fingerprint density at radius 3 is 2.63 bits per heavy atom. The molecule has 7 nitrogen and oxygen atoms in total. The molecular weight excluding hydrogens is 387 g/mol. The number of carbonyl (C=O) groups is 2. The Labute approximate surface area is 174 Å². The highest BCUT2D eigenvalue weighted by Gasteiger charge is 2.32. The molecule has 2 aliphatic heterocycles. The van der Waals surface area contributed by atoms with Crippen LogP contribution in [0.25, 0.3) is 11.1 Å². The van der Waals surface area contributed by atoms with Gasteiger partial charge in [0.1, 0.15) is 11.9 Å². The fraction of sp³-hybridized carbons (Fsp3) is 0.364. The monoisotopic (exact) mass is 412 g/mol. The highest BCUT2D eigenvalue weighted by atomic mass is 19.1. The van der Waals surface area contributed by atoms with Gasteiger partial charge in [-0.2, -0.15) is 0 Å². The minimum atomic E-state index is -0.545. The van der Waals surface area contributed by atoms with E-state index in [1.54, 1.807) is 12.1 Å². The fourth-order valence-electron chi connectivity index (χ4n) is 3.50. The molecule has 0 aromatic heterocycles. The number of amides is 2. The first-order valence-corrected chi connectivity index (χ1v) is 10.0. The Balaban J connectivity index is 1.41. The number of cyclic esters (lactones) is 1. The van der Waals surface area contributed by atoms with E-state index in [-0.39, 0.29) is 19.0 Å². The molecule has 3 N–H and O–H groups in total. The highest BCUT2D eigenvalue weighted by molar-refractivity contribution is 5.90. The number of ether oxygens (including phenoxy) is 1. The van der Waals surface area contributed by atoms with E-state index in [9.17, 15) is 14.0 Å². The van der Waals surface area contributed by atoms with E-state index in [1.807, 2.05) is 24.3 Å². The first-order chi connectivity index (χ1) is 14.5. The number of nitrogens with one attached hydrogen (secondary N) is 3. The van der Waals surface area contributed by atoms with Crippen LogP contribution in [0.4, 0.5) is 14.9 Å². The smallest absolute Gasteiger partial charge is 0.414 e. The molecule has 2 amide bonds. The van der Waals surface area contributed by atoms with Crippen LogP contribution in [-0.4, -0.2) is 50.3 Å². The van der Waals surface area contributed by atoms with E-state index < -0.39 is 18.0 Å². The van der Waals surface area contributed by atoms with E-state index >= 15 is 0 Å². The normalized spacial score (nSPS) is 18.8. The van der Waals surface area contributed by atoms with Crippen LogP contribution >= 0.6 is 0 Å². The summed E-state index contributed by atoms with van der Waals surface area (Å²) in [6.45, 7) is 4.66. The van der Waals surface area contributed by atoms with Gasteiger partial charge in [0.05, 0.1) is 18.8 Å². The lowest BCUT2D eigenvalue weighted by Crippen LogP contribution is -2.54. The fourth-order valence-corrected chi connectivity index (χ4v) is 3.50. The van der Waals surface area contributed by atoms with Crippen LogP contribution in [-0.2, 0) is 16.1 Å². The second-order valence-electron chi connectivity index (χ2n) is 7.65. The molecule has 0 radical (unpaired) electrons. The number of carbonyl (C=O) groups excluding carboxylic acids is 2. The Bertz CT molecular complexity index is 930. The summed E-state index contributed by atoms with van der Waals surface area (Å²) in [5.41, 5.74) is 2.83. The molecule has 0 saturated carbocycles. The number of anilines is 1. The summed E-state index contributed by atoms with van der Waals surface area (Å²) in [6, 6.07) is 13.0. The number of hydrogen-bond donors (Lipinski definition) is 3. The predicted molar refractivity (Wildman–Crippen MR) is 112 cm³/mol. The van der Waals surface area contributed by atoms with Crippen molar-refractivity contribution in [3.63, 3.8) is 0 Å². The summed E-state index contributed by atoms with van der Waals surface area (Å²) in [6.07, 6.45) is -1.00. The van der Waals surface area contributed by atoms with E-state index in [2.05, 4.69) is 16.0 Å². The molecule has 2 heterocycles. The van der Waals surface area contributed by atoms with Crippen molar-refractivity contribution in [1.29, 1.82) is 0 Å². The Morgan fingerprint density at radius 1 is 1.23 bits per heavy atom. The van der Waals surface area contributed by atoms with Gasteiger partial charge >= 0.3 is 6.09 Å².